The maximum Gasteiger partial charge on any atom is 0.254 e. The maximum absolute atomic E-state index is 12.1. The molecule has 21 heavy (non-hydrogen) atoms. The topological polar surface area (TPSA) is 74.8 Å². The molecule has 1 heterocycles. The first-order chi connectivity index (χ1) is 9.97. The molecule has 1 amide bonds. The number of benzene rings is 1. The predicted molar refractivity (Wildman–Crippen MR) is 81.0 cm³/mol. The van der Waals surface area contributed by atoms with Crippen molar-refractivity contribution in [2.45, 2.75) is 33.2 Å². The molecule has 0 aliphatic heterocycles. The summed E-state index contributed by atoms with van der Waals surface area (Å²) in [6, 6.07) is 9.59. The predicted octanol–water partition coefficient (Wildman–Crippen LogP) is 1.81. The summed E-state index contributed by atoms with van der Waals surface area (Å²) in [7, 11) is 0. The molecule has 5 heteroatoms. The molecule has 0 bridgehead atoms. The Morgan fingerprint density at radius 1 is 1.29 bits per heavy atom. The third-order valence-corrected chi connectivity index (χ3v) is 3.36. The first-order valence-electron chi connectivity index (χ1n) is 6.88. The molecule has 0 saturated carbocycles. The second kappa shape index (κ2) is 6.35. The number of nitrogens with zero attached hydrogens (tertiary/aromatic N) is 1. The van der Waals surface area contributed by atoms with Crippen LogP contribution in [0.5, 0.6) is 0 Å². The van der Waals surface area contributed by atoms with Crippen molar-refractivity contribution in [1.82, 2.24) is 15.3 Å². The lowest BCUT2D eigenvalue weighted by atomic mass is 10.1. The molecule has 110 valence electrons. The van der Waals surface area contributed by atoms with Crippen LogP contribution in [0.25, 0.3) is 0 Å². The monoisotopic (exact) mass is 285 g/mol. The van der Waals surface area contributed by atoms with E-state index in [1.54, 1.807) is 13.8 Å². The molecule has 1 aromatic heterocycles. The largest absolute Gasteiger partial charge is 0.349 e. The van der Waals surface area contributed by atoms with Gasteiger partial charge in [-0.05, 0) is 26.3 Å². The first-order valence-corrected chi connectivity index (χ1v) is 6.88. The maximum atomic E-state index is 12.1. The lowest BCUT2D eigenvalue weighted by Crippen LogP contribution is -2.31. The standard InChI is InChI=1S/C16H19N3O2/c1-10(13-7-5-4-6-8-13)18-15(20)9-14-11(2)17-12(3)19-16(14)21/h4-8,10H,9H2,1-3H3,(H,18,20)(H,17,19,21)/t10-/m1/s1. The van der Waals surface area contributed by atoms with Crippen LogP contribution in [-0.2, 0) is 11.2 Å². The Morgan fingerprint density at radius 2 is 1.95 bits per heavy atom. The molecule has 1 atom stereocenters. The van der Waals surface area contributed by atoms with Crippen molar-refractivity contribution >= 4 is 5.91 Å². The number of aromatic amines is 1. The highest BCUT2D eigenvalue weighted by molar-refractivity contribution is 5.79. The Morgan fingerprint density at radius 3 is 2.57 bits per heavy atom. The zero-order valence-electron chi connectivity index (χ0n) is 12.4. The third-order valence-electron chi connectivity index (χ3n) is 3.36. The molecule has 0 spiro atoms. The van der Waals surface area contributed by atoms with E-state index in [4.69, 9.17) is 0 Å². The van der Waals surface area contributed by atoms with Gasteiger partial charge in [0.05, 0.1) is 12.5 Å². The molecule has 2 aromatic rings. The van der Waals surface area contributed by atoms with E-state index in [2.05, 4.69) is 15.3 Å². The van der Waals surface area contributed by atoms with Crippen molar-refractivity contribution in [3.63, 3.8) is 0 Å². The summed E-state index contributed by atoms with van der Waals surface area (Å²) < 4.78 is 0. The molecule has 5 nitrogen and oxygen atoms in total. The second-order valence-corrected chi connectivity index (χ2v) is 5.09. The number of H-pyrrole nitrogens is 1. The summed E-state index contributed by atoms with van der Waals surface area (Å²) >= 11 is 0. The highest BCUT2D eigenvalue weighted by Crippen LogP contribution is 2.11. The fraction of sp³-hybridized carbons (Fsp3) is 0.312. The number of hydrogen-bond donors (Lipinski definition) is 2. The van der Waals surface area contributed by atoms with Gasteiger partial charge in [0, 0.05) is 11.3 Å². The number of aryl methyl sites for hydroxylation is 2. The van der Waals surface area contributed by atoms with E-state index in [1.807, 2.05) is 37.3 Å². The van der Waals surface area contributed by atoms with Gasteiger partial charge in [0.15, 0.2) is 0 Å². The Hall–Kier alpha value is -2.43. The Balaban J connectivity index is 2.08. The van der Waals surface area contributed by atoms with Crippen LogP contribution < -0.4 is 10.9 Å². The number of carbonyl (C=O) groups is 1. The number of amides is 1. The van der Waals surface area contributed by atoms with Crippen LogP contribution >= 0.6 is 0 Å². The number of hydrogen-bond acceptors (Lipinski definition) is 3. The minimum atomic E-state index is -0.248. The average Bonchev–Trinajstić information content (AvgIpc) is 2.43. The van der Waals surface area contributed by atoms with Crippen molar-refractivity contribution in [2.75, 3.05) is 0 Å². The molecule has 0 fully saturated rings. The van der Waals surface area contributed by atoms with Crippen LogP contribution in [0.15, 0.2) is 35.1 Å². The second-order valence-electron chi connectivity index (χ2n) is 5.09. The van der Waals surface area contributed by atoms with Gasteiger partial charge >= 0.3 is 0 Å². The summed E-state index contributed by atoms with van der Waals surface area (Å²) in [5.41, 5.74) is 1.79. The van der Waals surface area contributed by atoms with Crippen LogP contribution in [0.4, 0.5) is 0 Å². The van der Waals surface area contributed by atoms with Gasteiger partial charge in [0.1, 0.15) is 5.82 Å². The summed E-state index contributed by atoms with van der Waals surface area (Å²) in [6.07, 6.45) is 0.0334. The molecule has 0 unspecified atom stereocenters. The summed E-state index contributed by atoms with van der Waals surface area (Å²) in [6.45, 7) is 5.37. The van der Waals surface area contributed by atoms with Crippen LogP contribution in [0, 0.1) is 13.8 Å². The van der Waals surface area contributed by atoms with E-state index in [1.165, 1.54) is 0 Å². The SMILES string of the molecule is Cc1nc(C)c(CC(=O)N[C@H](C)c2ccccc2)c(=O)[nH]1. The van der Waals surface area contributed by atoms with Gasteiger partial charge in [-0.2, -0.15) is 0 Å². The van der Waals surface area contributed by atoms with Gasteiger partial charge in [0.25, 0.3) is 5.56 Å². The zero-order valence-corrected chi connectivity index (χ0v) is 12.4. The quantitative estimate of drug-likeness (QED) is 0.899. The molecule has 1 aromatic carbocycles. The van der Waals surface area contributed by atoms with E-state index >= 15 is 0 Å². The number of aromatic nitrogens is 2. The van der Waals surface area contributed by atoms with E-state index in [9.17, 15) is 9.59 Å². The van der Waals surface area contributed by atoms with Gasteiger partial charge in [-0.1, -0.05) is 30.3 Å². The molecular formula is C16H19N3O2. The fourth-order valence-corrected chi connectivity index (χ4v) is 2.24. The highest BCUT2D eigenvalue weighted by atomic mass is 16.2. The smallest absolute Gasteiger partial charge is 0.254 e. The molecule has 2 N–H and O–H groups in total. The van der Waals surface area contributed by atoms with Crippen LogP contribution in [0.2, 0.25) is 0 Å². The number of carbonyl (C=O) groups excluding carboxylic acids is 1. The Labute approximate surface area is 123 Å². The zero-order chi connectivity index (χ0) is 15.4. The minimum Gasteiger partial charge on any atom is -0.349 e. The van der Waals surface area contributed by atoms with E-state index < -0.39 is 0 Å². The van der Waals surface area contributed by atoms with Gasteiger partial charge in [-0.25, -0.2) is 4.98 Å². The molecule has 0 saturated heterocycles. The van der Waals surface area contributed by atoms with Crippen molar-refractivity contribution in [3.05, 3.63) is 63.3 Å². The molecule has 0 aliphatic carbocycles. The summed E-state index contributed by atoms with van der Waals surface area (Å²) in [4.78, 5) is 30.8. The van der Waals surface area contributed by atoms with Gasteiger partial charge in [-0.15, -0.1) is 0 Å². The molecule has 0 aliphatic rings. The third kappa shape index (κ3) is 3.78. The summed E-state index contributed by atoms with van der Waals surface area (Å²) in [5.74, 6) is 0.366. The van der Waals surface area contributed by atoms with Crippen molar-refractivity contribution in [3.8, 4) is 0 Å². The van der Waals surface area contributed by atoms with E-state index in [0.29, 0.717) is 17.1 Å². The lowest BCUT2D eigenvalue weighted by molar-refractivity contribution is -0.121. The van der Waals surface area contributed by atoms with Crippen molar-refractivity contribution in [1.29, 1.82) is 0 Å². The first kappa shape index (κ1) is 15.0. The van der Waals surface area contributed by atoms with Crippen LogP contribution in [0.1, 0.15) is 35.6 Å². The van der Waals surface area contributed by atoms with Gasteiger partial charge in [-0.3, -0.25) is 9.59 Å². The fourth-order valence-electron chi connectivity index (χ4n) is 2.24. The Bertz CT molecular complexity index is 692. The highest BCUT2D eigenvalue weighted by Gasteiger charge is 2.14. The number of nitrogens with one attached hydrogen (secondary N) is 2. The molecule has 2 rings (SSSR count). The molecular weight excluding hydrogens is 266 g/mol. The van der Waals surface area contributed by atoms with Crippen molar-refractivity contribution < 1.29 is 4.79 Å². The van der Waals surface area contributed by atoms with E-state index in [-0.39, 0.29) is 23.9 Å². The van der Waals surface area contributed by atoms with Crippen LogP contribution in [0.3, 0.4) is 0 Å². The van der Waals surface area contributed by atoms with Crippen LogP contribution in [-0.4, -0.2) is 15.9 Å². The lowest BCUT2D eigenvalue weighted by Gasteiger charge is -2.14. The minimum absolute atomic E-state index is 0.0334. The normalized spacial score (nSPS) is 12.0. The van der Waals surface area contributed by atoms with Crippen molar-refractivity contribution in [2.24, 2.45) is 0 Å². The average molecular weight is 285 g/mol. The Kier molecular flexibility index (Phi) is 4.52. The van der Waals surface area contributed by atoms with Gasteiger partial charge in [0.2, 0.25) is 5.91 Å². The summed E-state index contributed by atoms with van der Waals surface area (Å²) in [5, 5.41) is 2.89. The van der Waals surface area contributed by atoms with E-state index in [0.717, 1.165) is 5.56 Å². The number of rotatable bonds is 4. The molecule has 0 radical (unpaired) electrons. The van der Waals surface area contributed by atoms with Gasteiger partial charge < -0.3 is 10.3 Å².